The second kappa shape index (κ2) is 12.8. The molecule has 39 heavy (non-hydrogen) atoms. The van der Waals surface area contributed by atoms with Crippen molar-refractivity contribution < 1.29 is 5.11 Å². The first-order valence-electron chi connectivity index (χ1n) is 14.8. The Kier molecular flexibility index (Phi) is 8.96. The fraction of sp³-hybridized carbons (Fsp3) is 0.351. The van der Waals surface area contributed by atoms with Crippen LogP contribution in [0.15, 0.2) is 115 Å². The van der Waals surface area contributed by atoms with Crippen LogP contribution in [-0.2, 0) is 17.3 Å². The Morgan fingerprint density at radius 3 is 1.72 bits per heavy atom. The molecule has 0 aliphatic carbocycles. The van der Waals surface area contributed by atoms with Crippen molar-refractivity contribution in [3.05, 3.63) is 143 Å². The molecule has 5 rings (SSSR count). The number of aryl methyl sites for hydroxylation is 1. The minimum atomic E-state index is -0.225. The van der Waals surface area contributed by atoms with Crippen molar-refractivity contribution >= 4 is 0 Å². The first-order valence-corrected chi connectivity index (χ1v) is 14.8. The number of likely N-dealkylation sites (tertiary alicyclic amines) is 1. The third-order valence-electron chi connectivity index (χ3n) is 9.10. The quantitative estimate of drug-likeness (QED) is 0.205. The second-order valence-electron chi connectivity index (χ2n) is 11.3. The molecule has 2 nitrogen and oxygen atoms in total. The van der Waals surface area contributed by atoms with E-state index in [9.17, 15) is 5.11 Å². The lowest BCUT2D eigenvalue weighted by Gasteiger charge is -2.43. The maximum absolute atomic E-state index is 10.4. The fourth-order valence-electron chi connectivity index (χ4n) is 6.58. The van der Waals surface area contributed by atoms with Crippen LogP contribution in [0.3, 0.4) is 0 Å². The van der Waals surface area contributed by atoms with Crippen molar-refractivity contribution in [3.8, 4) is 0 Å². The second-order valence-corrected chi connectivity index (χ2v) is 11.3. The van der Waals surface area contributed by atoms with Gasteiger partial charge in [0, 0.05) is 10.8 Å². The van der Waals surface area contributed by atoms with Gasteiger partial charge in [-0.1, -0.05) is 129 Å². The molecule has 0 saturated carbocycles. The number of nitrogens with zero attached hydrogens (tertiary/aromatic N) is 1. The van der Waals surface area contributed by atoms with Gasteiger partial charge < -0.3 is 10.0 Å². The Bertz CT molecular complexity index is 1220. The molecule has 0 amide bonds. The highest BCUT2D eigenvalue weighted by atomic mass is 16.3. The van der Waals surface area contributed by atoms with E-state index in [-0.39, 0.29) is 17.4 Å². The Morgan fingerprint density at radius 2 is 1.21 bits per heavy atom. The lowest BCUT2D eigenvalue weighted by atomic mass is 9.67. The molecule has 1 heterocycles. The summed E-state index contributed by atoms with van der Waals surface area (Å²) >= 11 is 0. The van der Waals surface area contributed by atoms with Gasteiger partial charge in [0.15, 0.2) is 0 Å². The maximum atomic E-state index is 10.4. The molecule has 0 unspecified atom stereocenters. The third-order valence-corrected chi connectivity index (χ3v) is 9.10. The van der Waals surface area contributed by atoms with E-state index in [2.05, 4.69) is 127 Å². The Balaban J connectivity index is 1.45. The molecule has 0 bridgehead atoms. The Morgan fingerprint density at radius 1 is 0.692 bits per heavy atom. The molecule has 1 aliphatic rings. The van der Waals surface area contributed by atoms with Crippen LogP contribution in [0.5, 0.6) is 0 Å². The normalized spacial score (nSPS) is 15.7. The molecule has 0 radical (unpaired) electrons. The molecule has 1 N–H and O–H groups in total. The van der Waals surface area contributed by atoms with E-state index in [4.69, 9.17) is 0 Å². The summed E-state index contributed by atoms with van der Waals surface area (Å²) in [6.45, 7) is 5.50. The van der Waals surface area contributed by atoms with Gasteiger partial charge in [0.2, 0.25) is 0 Å². The predicted octanol–water partition coefficient (Wildman–Crippen LogP) is 7.78. The Labute approximate surface area is 235 Å². The van der Waals surface area contributed by atoms with Crippen molar-refractivity contribution in [2.75, 3.05) is 26.2 Å². The van der Waals surface area contributed by atoms with Crippen LogP contribution in [-0.4, -0.2) is 36.2 Å². The van der Waals surface area contributed by atoms with Crippen molar-refractivity contribution in [3.63, 3.8) is 0 Å². The molecule has 0 atom stereocenters. The molecule has 0 aromatic heterocycles. The van der Waals surface area contributed by atoms with Gasteiger partial charge in [-0.3, -0.25) is 0 Å². The van der Waals surface area contributed by atoms with E-state index in [1.54, 1.807) is 0 Å². The maximum Gasteiger partial charge on any atom is 0.0528 e. The highest BCUT2D eigenvalue weighted by molar-refractivity contribution is 5.51. The van der Waals surface area contributed by atoms with Crippen molar-refractivity contribution in [1.29, 1.82) is 0 Å². The zero-order valence-corrected chi connectivity index (χ0v) is 23.4. The molecule has 0 spiro atoms. The molecule has 1 saturated heterocycles. The van der Waals surface area contributed by atoms with E-state index < -0.39 is 0 Å². The number of hydrogen-bond acceptors (Lipinski definition) is 2. The van der Waals surface area contributed by atoms with Gasteiger partial charge in [0.1, 0.15) is 0 Å². The summed E-state index contributed by atoms with van der Waals surface area (Å²) in [6.07, 6.45) is 6.58. The largest absolute Gasteiger partial charge is 0.395 e. The summed E-state index contributed by atoms with van der Waals surface area (Å²) in [5, 5.41) is 10.4. The van der Waals surface area contributed by atoms with E-state index >= 15 is 0 Å². The summed E-state index contributed by atoms with van der Waals surface area (Å²) in [4.78, 5) is 2.62. The SMILES string of the molecule is CCCCc1ccc(C(CCN2CCC(CO)(c3ccccc3)CC2)(c2ccccc2)c2ccccc2)cc1. The standard InChI is InChI=1S/C37H43NO/c1-2-3-13-31-20-22-35(23-21-31)37(33-16-9-5-10-17-33,34-18-11-6-12-19-34)26-29-38-27-24-36(30-39,25-28-38)32-14-7-4-8-15-32/h4-12,14-23,39H,2-3,13,24-30H2,1H3. The van der Waals surface area contributed by atoms with Gasteiger partial charge in [0.05, 0.1) is 6.61 Å². The zero-order valence-electron chi connectivity index (χ0n) is 23.4. The van der Waals surface area contributed by atoms with Crippen LogP contribution >= 0.6 is 0 Å². The molecular weight excluding hydrogens is 474 g/mol. The number of benzene rings is 4. The van der Waals surface area contributed by atoms with Crippen molar-refractivity contribution in [1.82, 2.24) is 4.90 Å². The van der Waals surface area contributed by atoms with Crippen LogP contribution in [0.2, 0.25) is 0 Å². The van der Waals surface area contributed by atoms with Crippen LogP contribution in [0.25, 0.3) is 0 Å². The average molecular weight is 518 g/mol. The number of rotatable bonds is 11. The molecule has 1 fully saturated rings. The smallest absolute Gasteiger partial charge is 0.0528 e. The minimum Gasteiger partial charge on any atom is -0.395 e. The first kappa shape index (κ1) is 27.4. The highest BCUT2D eigenvalue weighted by Crippen LogP contribution is 2.43. The monoisotopic (exact) mass is 517 g/mol. The summed E-state index contributed by atoms with van der Waals surface area (Å²) in [5.74, 6) is 0. The molecule has 1 aliphatic heterocycles. The van der Waals surface area contributed by atoms with Gasteiger partial charge >= 0.3 is 0 Å². The van der Waals surface area contributed by atoms with Crippen LogP contribution in [0, 0.1) is 0 Å². The number of aliphatic hydroxyl groups excluding tert-OH is 1. The molecule has 4 aromatic carbocycles. The minimum absolute atomic E-state index is 0.123. The van der Waals surface area contributed by atoms with Gasteiger partial charge in [-0.15, -0.1) is 0 Å². The molecule has 4 aromatic rings. The summed E-state index contributed by atoms with van der Waals surface area (Å²) in [5.41, 5.74) is 6.42. The van der Waals surface area contributed by atoms with Gasteiger partial charge in [-0.05, 0) is 79.6 Å². The van der Waals surface area contributed by atoms with Crippen LogP contribution in [0.4, 0.5) is 0 Å². The highest BCUT2D eigenvalue weighted by Gasteiger charge is 2.39. The molecule has 2 heteroatoms. The van der Waals surface area contributed by atoms with Crippen molar-refractivity contribution in [2.24, 2.45) is 0 Å². The zero-order chi connectivity index (χ0) is 27.0. The van der Waals surface area contributed by atoms with E-state index in [0.717, 1.165) is 45.3 Å². The summed E-state index contributed by atoms with van der Waals surface area (Å²) in [6, 6.07) is 42.3. The predicted molar refractivity (Wildman–Crippen MR) is 163 cm³/mol. The van der Waals surface area contributed by atoms with E-state index in [1.165, 1.54) is 40.7 Å². The summed E-state index contributed by atoms with van der Waals surface area (Å²) in [7, 11) is 0. The third kappa shape index (κ3) is 5.88. The number of aliphatic hydroxyl groups is 1. The van der Waals surface area contributed by atoms with Gasteiger partial charge in [-0.25, -0.2) is 0 Å². The Hall–Kier alpha value is -3.20. The fourth-order valence-corrected chi connectivity index (χ4v) is 6.58. The van der Waals surface area contributed by atoms with Crippen molar-refractivity contribution in [2.45, 2.75) is 56.3 Å². The van der Waals surface area contributed by atoms with E-state index in [1.807, 2.05) is 0 Å². The average Bonchev–Trinajstić information content (AvgIpc) is 3.03. The van der Waals surface area contributed by atoms with E-state index in [0.29, 0.717) is 0 Å². The van der Waals surface area contributed by atoms with Gasteiger partial charge in [-0.2, -0.15) is 0 Å². The number of piperidine rings is 1. The summed E-state index contributed by atoms with van der Waals surface area (Å²) < 4.78 is 0. The first-order chi connectivity index (χ1) is 19.2. The number of unbranched alkanes of at least 4 members (excludes halogenated alkanes) is 1. The topological polar surface area (TPSA) is 23.5 Å². The lowest BCUT2D eigenvalue weighted by Crippen LogP contribution is -2.46. The molecular formula is C37H43NO. The van der Waals surface area contributed by atoms with Crippen LogP contribution in [0.1, 0.15) is 66.8 Å². The lowest BCUT2D eigenvalue weighted by molar-refractivity contribution is 0.0983. The van der Waals surface area contributed by atoms with Crippen LogP contribution < -0.4 is 0 Å². The molecule has 202 valence electrons. The van der Waals surface area contributed by atoms with Gasteiger partial charge in [0.25, 0.3) is 0 Å². The number of hydrogen-bond donors (Lipinski definition) is 1.